The van der Waals surface area contributed by atoms with Gasteiger partial charge < -0.3 is 4.90 Å². The molecule has 8 heteroatoms. The maximum absolute atomic E-state index is 12.2. The van der Waals surface area contributed by atoms with Gasteiger partial charge in [0.1, 0.15) is 6.04 Å². The number of carbonyl (C=O) groups excluding carboxylic acids is 2. The zero-order valence-corrected chi connectivity index (χ0v) is 11.0. The minimum Gasteiger partial charge on any atom is -0.338 e. The van der Waals surface area contributed by atoms with Crippen LogP contribution in [0.5, 0.6) is 0 Å². The average Bonchev–Trinajstić information content (AvgIpc) is 2.86. The fourth-order valence-corrected chi connectivity index (χ4v) is 4.15. The van der Waals surface area contributed by atoms with E-state index in [0.717, 1.165) is 0 Å². The minimum atomic E-state index is -3.02. The third-order valence-electron chi connectivity index (χ3n) is 3.35. The molecule has 0 aromatic carbocycles. The van der Waals surface area contributed by atoms with E-state index in [9.17, 15) is 18.0 Å². The van der Waals surface area contributed by atoms with Crippen LogP contribution in [0.3, 0.4) is 0 Å². The van der Waals surface area contributed by atoms with Crippen LogP contribution in [0.1, 0.15) is 19.8 Å². The summed E-state index contributed by atoms with van der Waals surface area (Å²) in [6, 6.07) is -0.842. The van der Waals surface area contributed by atoms with Crippen LogP contribution in [-0.4, -0.2) is 55.3 Å². The average molecular weight is 275 g/mol. The Morgan fingerprint density at radius 1 is 1.50 bits per heavy atom. The molecule has 7 nitrogen and oxygen atoms in total. The van der Waals surface area contributed by atoms with Crippen LogP contribution in [-0.2, 0) is 19.4 Å². The summed E-state index contributed by atoms with van der Waals surface area (Å²) in [5.74, 6) is -0.265. The van der Waals surface area contributed by atoms with Crippen molar-refractivity contribution in [3.05, 3.63) is 0 Å². The molecule has 2 amide bonds. The molecular weight excluding hydrogens is 258 g/mol. The van der Waals surface area contributed by atoms with Gasteiger partial charge in [0.15, 0.2) is 9.84 Å². The second-order valence-electron chi connectivity index (χ2n) is 4.63. The maximum Gasteiger partial charge on any atom is 0.242 e. The Morgan fingerprint density at radius 2 is 2.22 bits per heavy atom. The molecule has 0 radical (unpaired) electrons. The first kappa shape index (κ1) is 13.3. The number of carbonyl (C=O) groups is 2. The highest BCUT2D eigenvalue weighted by atomic mass is 32.2. The molecule has 2 unspecified atom stereocenters. The van der Waals surface area contributed by atoms with Gasteiger partial charge in [0.25, 0.3) is 0 Å². The number of nitrogens with one attached hydrogen (secondary N) is 2. The Balaban J connectivity index is 2.05. The summed E-state index contributed by atoms with van der Waals surface area (Å²) in [4.78, 5) is 24.8. The van der Waals surface area contributed by atoms with E-state index in [1.165, 1.54) is 0 Å². The highest BCUT2D eigenvalue weighted by Crippen LogP contribution is 2.19. The molecule has 2 atom stereocenters. The molecule has 2 aliphatic rings. The standard InChI is InChI=1S/C10H17N3O4S/c1-2-13(7-3-4-18(16,17)6-7)10(15)8-5-9(14)12-11-8/h7-8,11H,2-6H2,1H3,(H,12,14). The molecule has 2 rings (SSSR count). The van der Waals surface area contributed by atoms with Crippen molar-refractivity contribution in [3.8, 4) is 0 Å². The van der Waals surface area contributed by atoms with Crippen molar-refractivity contribution >= 4 is 21.7 Å². The summed E-state index contributed by atoms with van der Waals surface area (Å²) in [5, 5.41) is 0. The largest absolute Gasteiger partial charge is 0.338 e. The van der Waals surface area contributed by atoms with Gasteiger partial charge in [0.05, 0.1) is 17.9 Å². The van der Waals surface area contributed by atoms with E-state index in [0.29, 0.717) is 13.0 Å². The van der Waals surface area contributed by atoms with Crippen LogP contribution in [0.25, 0.3) is 0 Å². The fourth-order valence-electron chi connectivity index (χ4n) is 2.42. The van der Waals surface area contributed by atoms with Gasteiger partial charge in [-0.15, -0.1) is 0 Å². The number of hydrazine groups is 1. The van der Waals surface area contributed by atoms with Crippen LogP contribution in [0.4, 0.5) is 0 Å². The van der Waals surface area contributed by atoms with Crippen LogP contribution < -0.4 is 10.9 Å². The predicted octanol–water partition coefficient (Wildman–Crippen LogP) is -1.58. The topological polar surface area (TPSA) is 95.6 Å². The normalized spacial score (nSPS) is 30.2. The molecule has 2 aliphatic heterocycles. The van der Waals surface area contributed by atoms with Crippen molar-refractivity contribution in [1.29, 1.82) is 0 Å². The molecule has 2 fully saturated rings. The zero-order chi connectivity index (χ0) is 13.3. The van der Waals surface area contributed by atoms with Crippen molar-refractivity contribution in [3.63, 3.8) is 0 Å². The lowest BCUT2D eigenvalue weighted by molar-refractivity contribution is -0.135. The first-order valence-corrected chi connectivity index (χ1v) is 7.80. The molecule has 0 bridgehead atoms. The van der Waals surface area contributed by atoms with Crippen LogP contribution >= 0.6 is 0 Å². The van der Waals surface area contributed by atoms with Gasteiger partial charge in [-0.05, 0) is 13.3 Å². The molecule has 0 aliphatic carbocycles. The van der Waals surface area contributed by atoms with E-state index in [1.54, 1.807) is 4.90 Å². The third-order valence-corrected chi connectivity index (χ3v) is 5.10. The van der Waals surface area contributed by atoms with Crippen molar-refractivity contribution < 1.29 is 18.0 Å². The van der Waals surface area contributed by atoms with Crippen LogP contribution in [0, 0.1) is 0 Å². The molecule has 102 valence electrons. The van der Waals surface area contributed by atoms with Crippen LogP contribution in [0.2, 0.25) is 0 Å². The van der Waals surface area contributed by atoms with E-state index >= 15 is 0 Å². The van der Waals surface area contributed by atoms with Gasteiger partial charge in [-0.25, -0.2) is 13.8 Å². The molecule has 2 saturated heterocycles. The summed E-state index contributed by atoms with van der Waals surface area (Å²) in [7, 11) is -3.02. The molecule has 2 N–H and O–H groups in total. The molecule has 0 spiro atoms. The predicted molar refractivity (Wildman–Crippen MR) is 64.1 cm³/mol. The number of hydrogen-bond acceptors (Lipinski definition) is 5. The van der Waals surface area contributed by atoms with Crippen molar-refractivity contribution in [2.45, 2.75) is 31.8 Å². The van der Waals surface area contributed by atoms with E-state index in [1.807, 2.05) is 6.92 Å². The number of hydrogen-bond donors (Lipinski definition) is 2. The second-order valence-corrected chi connectivity index (χ2v) is 6.86. The Labute approximate surface area is 106 Å². The fraction of sp³-hybridized carbons (Fsp3) is 0.800. The van der Waals surface area contributed by atoms with E-state index in [2.05, 4.69) is 10.9 Å². The van der Waals surface area contributed by atoms with Gasteiger partial charge in [0, 0.05) is 12.6 Å². The highest BCUT2D eigenvalue weighted by molar-refractivity contribution is 7.91. The Hall–Kier alpha value is -1.15. The summed E-state index contributed by atoms with van der Waals surface area (Å²) in [5.41, 5.74) is 5.01. The first-order chi connectivity index (χ1) is 8.43. The van der Waals surface area contributed by atoms with Crippen molar-refractivity contribution in [1.82, 2.24) is 15.8 Å². The van der Waals surface area contributed by atoms with E-state index < -0.39 is 15.9 Å². The Kier molecular flexibility index (Phi) is 3.58. The molecule has 0 aromatic heterocycles. The molecule has 0 saturated carbocycles. The van der Waals surface area contributed by atoms with E-state index in [-0.39, 0.29) is 35.8 Å². The summed E-state index contributed by atoms with van der Waals surface area (Å²) >= 11 is 0. The Bertz CT molecular complexity index is 462. The summed E-state index contributed by atoms with van der Waals surface area (Å²) in [6.07, 6.45) is 0.588. The van der Waals surface area contributed by atoms with Gasteiger partial charge in [-0.3, -0.25) is 15.0 Å². The lowest BCUT2D eigenvalue weighted by atomic mass is 10.1. The summed E-state index contributed by atoms with van der Waals surface area (Å²) < 4.78 is 22.9. The lowest BCUT2D eigenvalue weighted by Crippen LogP contribution is -2.50. The van der Waals surface area contributed by atoms with Gasteiger partial charge >= 0.3 is 0 Å². The monoisotopic (exact) mass is 275 g/mol. The molecule has 0 aromatic rings. The number of likely N-dealkylation sites (N-methyl/N-ethyl adjacent to an activating group) is 1. The summed E-state index contributed by atoms with van der Waals surface area (Å²) in [6.45, 7) is 2.26. The molecule has 18 heavy (non-hydrogen) atoms. The van der Waals surface area contributed by atoms with Gasteiger partial charge in [-0.2, -0.15) is 0 Å². The molecule has 2 heterocycles. The van der Waals surface area contributed by atoms with Crippen LogP contribution in [0.15, 0.2) is 0 Å². The highest BCUT2D eigenvalue weighted by Gasteiger charge is 2.38. The number of nitrogens with zero attached hydrogens (tertiary/aromatic N) is 1. The maximum atomic E-state index is 12.2. The second kappa shape index (κ2) is 4.85. The Morgan fingerprint density at radius 3 is 2.67 bits per heavy atom. The lowest BCUT2D eigenvalue weighted by Gasteiger charge is -2.28. The smallest absolute Gasteiger partial charge is 0.242 e. The number of amides is 2. The first-order valence-electron chi connectivity index (χ1n) is 5.98. The van der Waals surface area contributed by atoms with Crippen molar-refractivity contribution in [2.75, 3.05) is 18.1 Å². The quantitative estimate of drug-likeness (QED) is 0.648. The number of rotatable bonds is 3. The third kappa shape index (κ3) is 2.64. The minimum absolute atomic E-state index is 0.0284. The van der Waals surface area contributed by atoms with Gasteiger partial charge in [-0.1, -0.05) is 0 Å². The van der Waals surface area contributed by atoms with Gasteiger partial charge in [0.2, 0.25) is 11.8 Å². The van der Waals surface area contributed by atoms with E-state index in [4.69, 9.17) is 0 Å². The SMILES string of the molecule is CCN(C(=O)C1CC(=O)NN1)C1CCS(=O)(=O)C1. The molecular formula is C10H17N3O4S. The van der Waals surface area contributed by atoms with Crippen molar-refractivity contribution in [2.24, 2.45) is 0 Å². The zero-order valence-electron chi connectivity index (χ0n) is 10.2. The number of sulfone groups is 1.